The summed E-state index contributed by atoms with van der Waals surface area (Å²) in [7, 11) is 0. The summed E-state index contributed by atoms with van der Waals surface area (Å²) < 4.78 is 16.9. The summed E-state index contributed by atoms with van der Waals surface area (Å²) in [6, 6.07) is 0. The molecule has 0 rings (SSSR count). The topological polar surface area (TPSA) is 78.9 Å². The Balaban J connectivity index is 4.47. The molecule has 0 amide bonds. The maximum Gasteiger partial charge on any atom is 0.306 e. The van der Waals surface area contributed by atoms with Crippen LogP contribution in [-0.2, 0) is 28.6 Å². The normalized spacial score (nSPS) is 12.7. The van der Waals surface area contributed by atoms with E-state index in [1.807, 2.05) is 0 Å². The van der Waals surface area contributed by atoms with E-state index in [0.29, 0.717) is 19.3 Å². The van der Waals surface area contributed by atoms with Gasteiger partial charge in [0.15, 0.2) is 6.10 Å². The van der Waals surface area contributed by atoms with E-state index < -0.39 is 6.10 Å². The lowest BCUT2D eigenvalue weighted by atomic mass is 10.1. The average Bonchev–Trinajstić information content (AvgIpc) is 3.36. The number of unbranched alkanes of at least 4 members (excludes halogenated alkanes) is 28. The maximum absolute atomic E-state index is 12.9. The molecule has 0 aliphatic carbocycles. The first kappa shape index (κ1) is 66.6. The Bertz CT molecular complexity index is 1350. The van der Waals surface area contributed by atoms with Crippen molar-refractivity contribution < 1.29 is 28.6 Å². The van der Waals surface area contributed by atoms with Crippen LogP contribution in [0.15, 0.2) is 85.1 Å². The lowest BCUT2D eigenvalue weighted by Crippen LogP contribution is -2.30. The third kappa shape index (κ3) is 55.5. The van der Waals surface area contributed by atoms with E-state index in [2.05, 4.69) is 106 Å². The fourth-order valence-corrected chi connectivity index (χ4v) is 8.10. The van der Waals surface area contributed by atoms with Crippen molar-refractivity contribution in [1.29, 1.82) is 0 Å². The number of allylic oxidation sites excluding steroid dienone is 14. The van der Waals surface area contributed by atoms with Gasteiger partial charge in [0, 0.05) is 19.3 Å². The molecule has 0 aromatic rings. The van der Waals surface area contributed by atoms with Gasteiger partial charge in [0.25, 0.3) is 0 Å². The standard InChI is InChI=1S/C64H110O6/c1-4-7-10-13-16-19-22-25-28-31-32-34-36-39-42-45-48-51-54-57-63(66)69-60-61(59-68-62(65)56-53-50-47-44-41-38-35-30-27-24-21-18-15-12-9-6-3)70-64(67)58-55-52-49-46-43-40-37-33-29-26-23-20-17-14-11-8-5-2/h16-17,19-20,25-26,28-30,32,34-35,39,42,61H,4-15,18,21-24,27,31,33,36-38,40-41,43-60H2,1-3H3/b19-16-,20-17-,28-25-,29-26-,34-32-,35-30-,42-39-/t61-/m1/s1. The molecule has 0 aromatic carbocycles. The fraction of sp³-hybridized carbons (Fsp3) is 0.734. The third-order valence-corrected chi connectivity index (χ3v) is 12.6. The molecule has 6 nitrogen and oxygen atoms in total. The molecule has 0 spiro atoms. The van der Waals surface area contributed by atoms with Crippen molar-refractivity contribution in [2.45, 2.75) is 290 Å². The summed E-state index contributed by atoms with van der Waals surface area (Å²) in [6.07, 6.45) is 75.7. The highest BCUT2D eigenvalue weighted by atomic mass is 16.6. The molecule has 6 heteroatoms. The third-order valence-electron chi connectivity index (χ3n) is 12.6. The monoisotopic (exact) mass is 975 g/mol. The van der Waals surface area contributed by atoms with E-state index >= 15 is 0 Å². The fourth-order valence-electron chi connectivity index (χ4n) is 8.10. The molecule has 0 aliphatic rings. The molecule has 0 saturated carbocycles. The SMILES string of the molecule is CCCCC/C=C\C/C=C\C/C=C\C/C=C\CCCCCC(=O)OC[C@@H](COC(=O)CCCCCCC/C=C\CCCCCCCCC)OC(=O)CCCCCCCCC/C=C\C/C=C\CCCCC. The van der Waals surface area contributed by atoms with Crippen molar-refractivity contribution in [3.05, 3.63) is 85.1 Å². The summed E-state index contributed by atoms with van der Waals surface area (Å²) in [5.41, 5.74) is 0. The summed E-state index contributed by atoms with van der Waals surface area (Å²) in [5.74, 6) is -0.935. The Morgan fingerprint density at radius 2 is 0.514 bits per heavy atom. The van der Waals surface area contributed by atoms with Crippen LogP contribution >= 0.6 is 0 Å². The summed E-state index contributed by atoms with van der Waals surface area (Å²) in [5, 5.41) is 0. The van der Waals surface area contributed by atoms with Crippen LogP contribution in [0.1, 0.15) is 284 Å². The van der Waals surface area contributed by atoms with Crippen molar-refractivity contribution in [1.82, 2.24) is 0 Å². The molecule has 0 heterocycles. The van der Waals surface area contributed by atoms with Crippen LogP contribution in [0.3, 0.4) is 0 Å². The number of esters is 3. The Labute approximate surface area is 433 Å². The first-order valence-electron chi connectivity index (χ1n) is 29.6. The van der Waals surface area contributed by atoms with E-state index in [0.717, 1.165) is 103 Å². The smallest absolute Gasteiger partial charge is 0.306 e. The summed E-state index contributed by atoms with van der Waals surface area (Å²) >= 11 is 0. The highest BCUT2D eigenvalue weighted by molar-refractivity contribution is 5.71. The minimum absolute atomic E-state index is 0.0942. The largest absolute Gasteiger partial charge is 0.462 e. The Morgan fingerprint density at radius 1 is 0.286 bits per heavy atom. The van der Waals surface area contributed by atoms with Gasteiger partial charge in [-0.3, -0.25) is 14.4 Å². The Morgan fingerprint density at radius 3 is 0.857 bits per heavy atom. The van der Waals surface area contributed by atoms with Crippen LogP contribution in [0.2, 0.25) is 0 Å². The van der Waals surface area contributed by atoms with Crippen LogP contribution in [0.5, 0.6) is 0 Å². The first-order chi connectivity index (χ1) is 34.5. The van der Waals surface area contributed by atoms with Crippen molar-refractivity contribution in [3.8, 4) is 0 Å². The van der Waals surface area contributed by atoms with Gasteiger partial charge in [-0.2, -0.15) is 0 Å². The second kappa shape index (κ2) is 58.2. The van der Waals surface area contributed by atoms with Gasteiger partial charge in [-0.1, -0.05) is 228 Å². The van der Waals surface area contributed by atoms with Gasteiger partial charge in [0.05, 0.1) is 0 Å². The zero-order valence-corrected chi connectivity index (χ0v) is 46.0. The molecule has 0 N–H and O–H groups in total. The minimum atomic E-state index is -0.799. The number of rotatable bonds is 53. The Kier molecular flexibility index (Phi) is 55.3. The molecule has 0 aromatic heterocycles. The zero-order chi connectivity index (χ0) is 50.7. The first-order valence-corrected chi connectivity index (χ1v) is 29.6. The Hall–Kier alpha value is -3.41. The van der Waals surface area contributed by atoms with Crippen LogP contribution in [0.25, 0.3) is 0 Å². The van der Waals surface area contributed by atoms with Crippen LogP contribution < -0.4 is 0 Å². The van der Waals surface area contributed by atoms with Crippen LogP contribution in [-0.4, -0.2) is 37.2 Å². The predicted molar refractivity (Wildman–Crippen MR) is 302 cm³/mol. The molecule has 402 valence electrons. The molecule has 0 radical (unpaired) electrons. The molecule has 0 aliphatic heterocycles. The highest BCUT2D eigenvalue weighted by Crippen LogP contribution is 2.14. The number of hydrogen-bond acceptors (Lipinski definition) is 6. The van der Waals surface area contributed by atoms with Gasteiger partial charge in [-0.25, -0.2) is 0 Å². The molecule has 0 saturated heterocycles. The lowest BCUT2D eigenvalue weighted by molar-refractivity contribution is -0.167. The van der Waals surface area contributed by atoms with E-state index in [-0.39, 0.29) is 31.1 Å². The zero-order valence-electron chi connectivity index (χ0n) is 46.0. The van der Waals surface area contributed by atoms with Gasteiger partial charge in [-0.15, -0.1) is 0 Å². The van der Waals surface area contributed by atoms with Gasteiger partial charge in [0.2, 0.25) is 0 Å². The molecular weight excluding hydrogens is 865 g/mol. The van der Waals surface area contributed by atoms with Gasteiger partial charge in [0.1, 0.15) is 13.2 Å². The van der Waals surface area contributed by atoms with Crippen molar-refractivity contribution in [2.75, 3.05) is 13.2 Å². The number of ether oxygens (including phenoxy) is 3. The average molecular weight is 976 g/mol. The summed E-state index contributed by atoms with van der Waals surface area (Å²) in [6.45, 7) is 6.56. The molecule has 0 fully saturated rings. The number of carbonyl (C=O) groups is 3. The number of hydrogen-bond donors (Lipinski definition) is 0. The van der Waals surface area contributed by atoms with Gasteiger partial charge >= 0.3 is 17.9 Å². The highest BCUT2D eigenvalue weighted by Gasteiger charge is 2.19. The minimum Gasteiger partial charge on any atom is -0.462 e. The molecule has 1 atom stereocenters. The van der Waals surface area contributed by atoms with Crippen molar-refractivity contribution >= 4 is 17.9 Å². The van der Waals surface area contributed by atoms with E-state index in [1.54, 1.807) is 0 Å². The van der Waals surface area contributed by atoms with Crippen molar-refractivity contribution in [3.63, 3.8) is 0 Å². The predicted octanol–water partition coefficient (Wildman–Crippen LogP) is 19.9. The summed E-state index contributed by atoms with van der Waals surface area (Å²) in [4.78, 5) is 38.2. The van der Waals surface area contributed by atoms with E-state index in [4.69, 9.17) is 14.2 Å². The van der Waals surface area contributed by atoms with Crippen molar-refractivity contribution in [2.24, 2.45) is 0 Å². The maximum atomic E-state index is 12.9. The van der Waals surface area contributed by atoms with E-state index in [1.165, 1.54) is 141 Å². The van der Waals surface area contributed by atoms with Crippen LogP contribution in [0, 0.1) is 0 Å². The lowest BCUT2D eigenvalue weighted by Gasteiger charge is -2.18. The van der Waals surface area contributed by atoms with E-state index in [9.17, 15) is 14.4 Å². The number of carbonyl (C=O) groups excluding carboxylic acids is 3. The van der Waals surface area contributed by atoms with Gasteiger partial charge < -0.3 is 14.2 Å². The molecular formula is C64H110O6. The second-order valence-corrected chi connectivity index (χ2v) is 19.5. The van der Waals surface area contributed by atoms with Gasteiger partial charge in [-0.05, 0) is 122 Å². The molecule has 0 bridgehead atoms. The molecule has 0 unspecified atom stereocenters. The van der Waals surface area contributed by atoms with Crippen LogP contribution in [0.4, 0.5) is 0 Å². The molecule has 70 heavy (non-hydrogen) atoms. The quantitative estimate of drug-likeness (QED) is 0.0261. The second-order valence-electron chi connectivity index (χ2n) is 19.5.